The summed E-state index contributed by atoms with van der Waals surface area (Å²) in [6, 6.07) is 6.47. The molecule has 1 saturated heterocycles. The lowest BCUT2D eigenvalue weighted by atomic mass is 10.1. The Morgan fingerprint density at radius 2 is 2.04 bits per heavy atom. The van der Waals surface area contributed by atoms with Crippen LogP contribution in [0.25, 0.3) is 0 Å². The summed E-state index contributed by atoms with van der Waals surface area (Å²) in [6.07, 6.45) is 3.99. The molecule has 0 bridgehead atoms. The van der Waals surface area contributed by atoms with Gasteiger partial charge in [-0.15, -0.1) is 0 Å². The minimum absolute atomic E-state index is 0.177. The van der Waals surface area contributed by atoms with E-state index in [4.69, 9.17) is 4.74 Å². The minimum Gasteiger partial charge on any atom is -0.467 e. The molecule has 6 nitrogen and oxygen atoms in total. The fourth-order valence-electron chi connectivity index (χ4n) is 2.72. The van der Waals surface area contributed by atoms with Gasteiger partial charge in [-0.1, -0.05) is 12.1 Å². The first-order valence-electron chi connectivity index (χ1n) is 8.29. The number of ether oxygens (including phenoxy) is 1. The van der Waals surface area contributed by atoms with Crippen LogP contribution in [0.4, 0.5) is 0 Å². The summed E-state index contributed by atoms with van der Waals surface area (Å²) in [6.45, 7) is 1.36. The molecular weight excluding hydrogens is 340 g/mol. The molecule has 25 heavy (non-hydrogen) atoms. The Morgan fingerprint density at radius 3 is 2.60 bits per heavy atom. The average Bonchev–Trinajstić information content (AvgIpc) is 3.03. The second kappa shape index (κ2) is 9.46. The summed E-state index contributed by atoms with van der Waals surface area (Å²) in [5.41, 5.74) is 1.47. The number of hydrogen-bond donors (Lipinski definition) is 1. The number of methoxy groups -OCH3 is 1. The Hall–Kier alpha value is -2.02. The minimum atomic E-state index is -0.646. The normalized spacial score (nSPS) is 15.1. The number of carbonyl (C=O) groups excluding carboxylic acids is 3. The topological polar surface area (TPSA) is 75.7 Å². The standard InChI is InChI=1S/C18H24N2O4S/c1-24-18(23)15(9-11-25-2)19-17(22)14-7-5-13(6-8-14)12-20-10-3-4-16(20)21/h5-8,15H,3-4,9-12H2,1-2H3,(H,19,22)/t15-/m0/s1. The maximum absolute atomic E-state index is 12.4. The Morgan fingerprint density at radius 1 is 1.32 bits per heavy atom. The molecule has 0 aliphatic carbocycles. The highest BCUT2D eigenvalue weighted by Gasteiger charge is 2.22. The Labute approximate surface area is 152 Å². The number of nitrogens with zero attached hydrogens (tertiary/aromatic N) is 1. The van der Waals surface area contributed by atoms with E-state index in [1.54, 1.807) is 23.9 Å². The van der Waals surface area contributed by atoms with Crippen LogP contribution in [0.15, 0.2) is 24.3 Å². The second-order valence-electron chi connectivity index (χ2n) is 5.95. The molecule has 2 amide bonds. The number of amides is 2. The van der Waals surface area contributed by atoms with Crippen LogP contribution in [-0.4, -0.2) is 54.4 Å². The van der Waals surface area contributed by atoms with Crippen LogP contribution in [0.2, 0.25) is 0 Å². The van der Waals surface area contributed by atoms with Crippen LogP contribution in [0, 0.1) is 0 Å². The smallest absolute Gasteiger partial charge is 0.328 e. The number of hydrogen-bond acceptors (Lipinski definition) is 5. The first kappa shape index (κ1) is 19.3. The third kappa shape index (κ3) is 5.49. The molecule has 136 valence electrons. The monoisotopic (exact) mass is 364 g/mol. The van der Waals surface area contributed by atoms with E-state index < -0.39 is 12.0 Å². The van der Waals surface area contributed by atoms with Crippen LogP contribution >= 0.6 is 11.8 Å². The van der Waals surface area contributed by atoms with E-state index in [0.29, 0.717) is 24.9 Å². The number of benzene rings is 1. The SMILES string of the molecule is COC(=O)[C@H](CCSC)NC(=O)c1ccc(CN2CCCC2=O)cc1. The number of nitrogens with one attached hydrogen (secondary N) is 1. The van der Waals surface area contributed by atoms with E-state index in [1.165, 1.54) is 7.11 Å². The van der Waals surface area contributed by atoms with Crippen LogP contribution in [0.1, 0.15) is 35.2 Å². The lowest BCUT2D eigenvalue weighted by molar-refractivity contribution is -0.142. The fourth-order valence-corrected chi connectivity index (χ4v) is 3.19. The molecule has 0 saturated carbocycles. The number of likely N-dealkylation sites (tertiary alicyclic amines) is 1. The molecular formula is C18H24N2O4S. The fraction of sp³-hybridized carbons (Fsp3) is 0.500. The van der Waals surface area contributed by atoms with Crippen molar-refractivity contribution in [1.82, 2.24) is 10.2 Å². The maximum atomic E-state index is 12.4. The van der Waals surface area contributed by atoms with E-state index in [1.807, 2.05) is 23.3 Å². The van der Waals surface area contributed by atoms with E-state index in [2.05, 4.69) is 5.32 Å². The van der Waals surface area contributed by atoms with Gasteiger partial charge in [-0.3, -0.25) is 9.59 Å². The van der Waals surface area contributed by atoms with Crippen molar-refractivity contribution in [2.75, 3.05) is 25.7 Å². The number of rotatable bonds is 8. The zero-order chi connectivity index (χ0) is 18.2. The first-order chi connectivity index (χ1) is 12.0. The van der Waals surface area contributed by atoms with Gasteiger partial charge in [0.2, 0.25) is 5.91 Å². The quantitative estimate of drug-likeness (QED) is 0.712. The van der Waals surface area contributed by atoms with Crippen LogP contribution in [0.3, 0.4) is 0 Å². The largest absolute Gasteiger partial charge is 0.467 e. The molecule has 1 N–H and O–H groups in total. The molecule has 1 aliphatic heterocycles. The molecule has 1 fully saturated rings. The summed E-state index contributed by atoms with van der Waals surface area (Å²) in [5, 5.41) is 2.73. The molecule has 0 aromatic heterocycles. The van der Waals surface area contributed by atoms with Gasteiger partial charge in [0.05, 0.1) is 7.11 Å². The van der Waals surface area contributed by atoms with E-state index >= 15 is 0 Å². The van der Waals surface area contributed by atoms with Gasteiger partial charge in [-0.2, -0.15) is 11.8 Å². The summed E-state index contributed by atoms with van der Waals surface area (Å²) in [4.78, 5) is 37.6. The molecule has 1 atom stereocenters. The highest BCUT2D eigenvalue weighted by atomic mass is 32.2. The van der Waals surface area contributed by atoms with Crippen molar-refractivity contribution in [3.05, 3.63) is 35.4 Å². The molecule has 0 spiro atoms. The summed E-state index contributed by atoms with van der Waals surface area (Å²) >= 11 is 1.61. The maximum Gasteiger partial charge on any atom is 0.328 e. The van der Waals surface area contributed by atoms with Gasteiger partial charge in [0, 0.05) is 25.1 Å². The van der Waals surface area contributed by atoms with Gasteiger partial charge >= 0.3 is 5.97 Å². The number of thioether (sulfide) groups is 1. The molecule has 7 heteroatoms. The molecule has 1 aliphatic rings. The highest BCUT2D eigenvalue weighted by molar-refractivity contribution is 7.98. The van der Waals surface area contributed by atoms with Crippen molar-refractivity contribution in [3.8, 4) is 0 Å². The Kier molecular flexibility index (Phi) is 7.31. The number of carbonyl (C=O) groups is 3. The predicted octanol–water partition coefficient (Wildman–Crippen LogP) is 1.83. The van der Waals surface area contributed by atoms with Gasteiger partial charge in [0.15, 0.2) is 0 Å². The van der Waals surface area contributed by atoms with Crippen LogP contribution in [0.5, 0.6) is 0 Å². The summed E-state index contributed by atoms with van der Waals surface area (Å²) in [7, 11) is 1.31. The highest BCUT2D eigenvalue weighted by Crippen LogP contribution is 2.15. The van der Waals surface area contributed by atoms with E-state index in [9.17, 15) is 14.4 Å². The molecule has 0 radical (unpaired) electrons. The zero-order valence-electron chi connectivity index (χ0n) is 14.6. The molecule has 1 heterocycles. The van der Waals surface area contributed by atoms with Gasteiger partial charge in [-0.05, 0) is 42.5 Å². The molecule has 2 rings (SSSR count). The average molecular weight is 364 g/mol. The third-order valence-corrected chi connectivity index (χ3v) is 4.81. The van der Waals surface area contributed by atoms with Crippen molar-refractivity contribution >= 4 is 29.5 Å². The van der Waals surface area contributed by atoms with Crippen LogP contribution < -0.4 is 5.32 Å². The summed E-state index contributed by atoms with van der Waals surface area (Å²) in [5.74, 6) is 0.187. The lowest BCUT2D eigenvalue weighted by Gasteiger charge is -2.17. The third-order valence-electron chi connectivity index (χ3n) is 4.16. The van der Waals surface area contributed by atoms with E-state index in [0.717, 1.165) is 24.3 Å². The van der Waals surface area contributed by atoms with Crippen molar-refractivity contribution in [2.45, 2.75) is 31.8 Å². The molecule has 1 aromatic carbocycles. The predicted molar refractivity (Wildman–Crippen MR) is 97.4 cm³/mol. The first-order valence-corrected chi connectivity index (χ1v) is 9.69. The molecule has 0 unspecified atom stereocenters. The Bertz CT molecular complexity index is 618. The van der Waals surface area contributed by atoms with Crippen LogP contribution in [-0.2, 0) is 20.9 Å². The van der Waals surface area contributed by atoms with E-state index in [-0.39, 0.29) is 11.8 Å². The zero-order valence-corrected chi connectivity index (χ0v) is 15.4. The van der Waals surface area contributed by atoms with Crippen molar-refractivity contribution < 1.29 is 19.1 Å². The van der Waals surface area contributed by atoms with Gasteiger partial charge in [0.25, 0.3) is 5.91 Å². The molecule has 1 aromatic rings. The number of esters is 1. The van der Waals surface area contributed by atoms with Gasteiger partial charge in [0.1, 0.15) is 6.04 Å². The van der Waals surface area contributed by atoms with Crippen molar-refractivity contribution in [1.29, 1.82) is 0 Å². The summed E-state index contributed by atoms with van der Waals surface area (Å²) < 4.78 is 4.75. The lowest BCUT2D eigenvalue weighted by Crippen LogP contribution is -2.41. The van der Waals surface area contributed by atoms with Crippen molar-refractivity contribution in [2.24, 2.45) is 0 Å². The van der Waals surface area contributed by atoms with Gasteiger partial charge in [-0.25, -0.2) is 4.79 Å². The van der Waals surface area contributed by atoms with Gasteiger partial charge < -0.3 is 15.0 Å². The van der Waals surface area contributed by atoms with Crippen molar-refractivity contribution in [3.63, 3.8) is 0 Å². The Balaban J connectivity index is 1.96. The second-order valence-corrected chi connectivity index (χ2v) is 6.93.